The van der Waals surface area contributed by atoms with Crippen molar-refractivity contribution >= 4 is 21.8 Å². The largest absolute Gasteiger partial charge is 0.339 e. The Labute approximate surface area is 172 Å². The van der Waals surface area contributed by atoms with E-state index in [0.29, 0.717) is 25.2 Å². The Morgan fingerprint density at radius 1 is 1.14 bits per heavy atom. The fourth-order valence-electron chi connectivity index (χ4n) is 4.11. The van der Waals surface area contributed by atoms with Gasteiger partial charge in [0.05, 0.1) is 17.4 Å². The Kier molecular flexibility index (Phi) is 6.92. The number of piperazine rings is 1. The van der Waals surface area contributed by atoms with Gasteiger partial charge in [-0.3, -0.25) is 9.59 Å². The lowest BCUT2D eigenvalue weighted by molar-refractivity contribution is -0.142. The number of sulfonamides is 1. The van der Waals surface area contributed by atoms with Gasteiger partial charge in [0.25, 0.3) is 0 Å². The third-order valence-electron chi connectivity index (χ3n) is 5.75. The molecule has 1 N–H and O–H groups in total. The van der Waals surface area contributed by atoms with Crippen LogP contribution in [0.15, 0.2) is 29.2 Å². The van der Waals surface area contributed by atoms with Crippen molar-refractivity contribution < 1.29 is 18.0 Å². The van der Waals surface area contributed by atoms with Gasteiger partial charge in [0.15, 0.2) is 0 Å². The molecule has 0 aliphatic carbocycles. The Hall–Kier alpha value is -1.97. The quantitative estimate of drug-likeness (QED) is 0.712. The summed E-state index contributed by atoms with van der Waals surface area (Å²) < 4.78 is 26.4. The maximum Gasteiger partial charge on any atom is 0.240 e. The molecule has 1 aromatic rings. The molecular formula is C20H30N4O4S. The number of likely N-dealkylation sites (tertiary alicyclic amines) is 1. The summed E-state index contributed by atoms with van der Waals surface area (Å²) in [6, 6.07) is 6.45. The van der Waals surface area contributed by atoms with E-state index in [4.69, 9.17) is 0 Å². The van der Waals surface area contributed by atoms with Crippen LogP contribution in [0.4, 0.5) is 0 Å². The predicted octanol–water partition coefficient (Wildman–Crippen LogP) is 0.292. The molecule has 8 nitrogen and oxygen atoms in total. The first-order valence-electron chi connectivity index (χ1n) is 10.1. The van der Waals surface area contributed by atoms with Gasteiger partial charge in [-0.2, -0.15) is 0 Å². The molecule has 1 aromatic carbocycles. The molecule has 29 heavy (non-hydrogen) atoms. The number of hydrogen-bond acceptors (Lipinski definition) is 5. The fraction of sp³-hybridized carbons (Fsp3) is 0.600. The van der Waals surface area contributed by atoms with E-state index in [1.54, 1.807) is 25.1 Å². The predicted molar refractivity (Wildman–Crippen MR) is 110 cm³/mol. The third kappa shape index (κ3) is 5.34. The van der Waals surface area contributed by atoms with Crippen LogP contribution in [-0.4, -0.2) is 87.3 Å². The highest BCUT2D eigenvalue weighted by atomic mass is 32.2. The lowest BCUT2D eigenvalue weighted by Gasteiger charge is -2.42. The molecule has 9 heteroatoms. The van der Waals surface area contributed by atoms with E-state index in [1.807, 2.05) is 9.80 Å². The normalized spacial score (nSPS) is 20.8. The van der Waals surface area contributed by atoms with Gasteiger partial charge in [-0.05, 0) is 50.7 Å². The van der Waals surface area contributed by atoms with Crippen LogP contribution in [0.25, 0.3) is 0 Å². The highest BCUT2D eigenvalue weighted by molar-refractivity contribution is 7.89. The van der Waals surface area contributed by atoms with Crippen LogP contribution in [0, 0.1) is 0 Å². The monoisotopic (exact) mass is 422 g/mol. The molecule has 0 aromatic heterocycles. The van der Waals surface area contributed by atoms with Crippen molar-refractivity contribution in [2.45, 2.75) is 37.1 Å². The SMILES string of the molecule is CNS(=O)(=O)c1cccc(CC(=O)N2CCN(C(C)=O)CC2CN2CCCC2)c1. The van der Waals surface area contributed by atoms with Gasteiger partial charge in [0.2, 0.25) is 21.8 Å². The number of carbonyl (C=O) groups is 2. The number of carbonyl (C=O) groups excluding carboxylic acids is 2. The summed E-state index contributed by atoms with van der Waals surface area (Å²) in [4.78, 5) is 31.1. The van der Waals surface area contributed by atoms with Gasteiger partial charge in [0, 0.05) is 33.1 Å². The summed E-state index contributed by atoms with van der Waals surface area (Å²) in [5, 5.41) is 0. The Morgan fingerprint density at radius 3 is 2.52 bits per heavy atom. The van der Waals surface area contributed by atoms with Gasteiger partial charge in [-0.1, -0.05) is 12.1 Å². The number of amides is 2. The van der Waals surface area contributed by atoms with Gasteiger partial charge in [-0.15, -0.1) is 0 Å². The molecule has 0 bridgehead atoms. The molecule has 0 spiro atoms. The van der Waals surface area contributed by atoms with Crippen molar-refractivity contribution in [3.63, 3.8) is 0 Å². The van der Waals surface area contributed by atoms with Gasteiger partial charge in [0.1, 0.15) is 0 Å². The van der Waals surface area contributed by atoms with Crippen LogP contribution in [0.2, 0.25) is 0 Å². The van der Waals surface area contributed by atoms with E-state index in [1.165, 1.54) is 26.0 Å². The second-order valence-corrected chi connectivity index (χ2v) is 9.63. The standard InChI is InChI=1S/C20H30N4O4S/c1-16(25)23-10-11-24(18(15-23)14-22-8-3-4-9-22)20(26)13-17-6-5-7-19(12-17)29(27,28)21-2/h5-7,12,18,21H,3-4,8-11,13-15H2,1-2H3. The summed E-state index contributed by atoms with van der Waals surface area (Å²) in [5.74, 6) is 0.00454. The van der Waals surface area contributed by atoms with Crippen LogP contribution < -0.4 is 4.72 Å². The molecule has 2 aliphatic heterocycles. The van der Waals surface area contributed by atoms with E-state index in [9.17, 15) is 18.0 Å². The number of rotatable bonds is 6. The topological polar surface area (TPSA) is 90.0 Å². The molecule has 2 amide bonds. The maximum absolute atomic E-state index is 13.1. The van der Waals surface area contributed by atoms with Crippen LogP contribution >= 0.6 is 0 Å². The molecule has 160 valence electrons. The summed E-state index contributed by atoms with van der Waals surface area (Å²) in [6.07, 6.45) is 2.48. The van der Waals surface area contributed by atoms with Crippen LogP contribution in [-0.2, 0) is 26.0 Å². The Balaban J connectivity index is 1.73. The number of benzene rings is 1. The van der Waals surface area contributed by atoms with Gasteiger partial charge < -0.3 is 14.7 Å². The number of hydrogen-bond donors (Lipinski definition) is 1. The van der Waals surface area contributed by atoms with E-state index in [0.717, 1.165) is 19.6 Å². The zero-order chi connectivity index (χ0) is 21.0. The summed E-state index contributed by atoms with van der Waals surface area (Å²) >= 11 is 0. The summed E-state index contributed by atoms with van der Waals surface area (Å²) in [5.41, 5.74) is 0.667. The van der Waals surface area contributed by atoms with Crippen molar-refractivity contribution in [2.75, 3.05) is 46.3 Å². The molecular weight excluding hydrogens is 392 g/mol. The van der Waals surface area contributed by atoms with Crippen LogP contribution in [0.3, 0.4) is 0 Å². The Bertz CT molecular complexity index is 852. The van der Waals surface area contributed by atoms with Crippen molar-refractivity contribution in [3.05, 3.63) is 29.8 Å². The second kappa shape index (κ2) is 9.23. The number of nitrogens with zero attached hydrogens (tertiary/aromatic N) is 3. The first-order valence-corrected chi connectivity index (χ1v) is 11.6. The highest BCUT2D eigenvalue weighted by Gasteiger charge is 2.33. The minimum Gasteiger partial charge on any atom is -0.339 e. The molecule has 2 saturated heterocycles. The molecule has 2 fully saturated rings. The van der Waals surface area contributed by atoms with E-state index in [2.05, 4.69) is 9.62 Å². The third-order valence-corrected chi connectivity index (χ3v) is 7.16. The van der Waals surface area contributed by atoms with Crippen molar-refractivity contribution in [1.29, 1.82) is 0 Å². The average Bonchev–Trinajstić information content (AvgIpc) is 3.21. The Morgan fingerprint density at radius 2 is 1.86 bits per heavy atom. The van der Waals surface area contributed by atoms with Crippen LogP contribution in [0.1, 0.15) is 25.3 Å². The summed E-state index contributed by atoms with van der Waals surface area (Å²) in [6.45, 7) is 5.98. The average molecular weight is 423 g/mol. The molecule has 0 saturated carbocycles. The zero-order valence-electron chi connectivity index (χ0n) is 17.1. The van der Waals surface area contributed by atoms with Crippen molar-refractivity contribution in [3.8, 4) is 0 Å². The molecule has 3 rings (SSSR count). The first-order chi connectivity index (χ1) is 13.8. The molecule has 2 heterocycles. The molecule has 0 radical (unpaired) electrons. The van der Waals surface area contributed by atoms with Crippen molar-refractivity contribution in [2.24, 2.45) is 0 Å². The van der Waals surface area contributed by atoms with Gasteiger partial charge >= 0.3 is 0 Å². The first kappa shape index (κ1) is 21.7. The van der Waals surface area contributed by atoms with E-state index < -0.39 is 10.0 Å². The zero-order valence-corrected chi connectivity index (χ0v) is 18.0. The maximum atomic E-state index is 13.1. The molecule has 1 atom stereocenters. The lowest BCUT2D eigenvalue weighted by Crippen LogP contribution is -2.59. The van der Waals surface area contributed by atoms with E-state index >= 15 is 0 Å². The minimum absolute atomic E-state index is 0.0311. The highest BCUT2D eigenvalue weighted by Crippen LogP contribution is 2.18. The smallest absolute Gasteiger partial charge is 0.240 e. The van der Waals surface area contributed by atoms with Crippen molar-refractivity contribution in [1.82, 2.24) is 19.4 Å². The number of nitrogens with one attached hydrogen (secondary N) is 1. The molecule has 2 aliphatic rings. The fourth-order valence-corrected chi connectivity index (χ4v) is 4.91. The minimum atomic E-state index is -3.55. The summed E-state index contributed by atoms with van der Waals surface area (Å²) in [7, 11) is -2.18. The van der Waals surface area contributed by atoms with Gasteiger partial charge in [-0.25, -0.2) is 13.1 Å². The van der Waals surface area contributed by atoms with Crippen LogP contribution in [0.5, 0.6) is 0 Å². The molecule has 1 unspecified atom stereocenters. The lowest BCUT2D eigenvalue weighted by atomic mass is 10.1. The van der Waals surface area contributed by atoms with E-state index in [-0.39, 0.29) is 29.2 Å². The second-order valence-electron chi connectivity index (χ2n) is 7.75.